The SMILES string of the molecule is CC(C#N)SCC1(CC(=O)O)CC1. The summed E-state index contributed by atoms with van der Waals surface area (Å²) in [6.45, 7) is 1.85. The van der Waals surface area contributed by atoms with Crippen molar-refractivity contribution in [3.05, 3.63) is 0 Å². The van der Waals surface area contributed by atoms with Crippen LogP contribution in [0.3, 0.4) is 0 Å². The van der Waals surface area contributed by atoms with E-state index in [1.807, 2.05) is 6.92 Å². The van der Waals surface area contributed by atoms with Gasteiger partial charge >= 0.3 is 5.97 Å². The van der Waals surface area contributed by atoms with E-state index in [-0.39, 0.29) is 17.1 Å². The van der Waals surface area contributed by atoms with Gasteiger partial charge in [-0.05, 0) is 25.2 Å². The van der Waals surface area contributed by atoms with Gasteiger partial charge in [0.05, 0.1) is 17.7 Å². The maximum absolute atomic E-state index is 10.5. The molecule has 4 heteroatoms. The molecule has 0 spiro atoms. The normalized spacial score (nSPS) is 20.3. The van der Waals surface area contributed by atoms with E-state index in [1.54, 1.807) is 11.8 Å². The van der Waals surface area contributed by atoms with E-state index in [1.165, 1.54) is 0 Å². The third kappa shape index (κ3) is 3.27. The molecule has 0 aromatic heterocycles. The van der Waals surface area contributed by atoms with E-state index in [0.29, 0.717) is 0 Å². The van der Waals surface area contributed by atoms with Crippen LogP contribution in [0.1, 0.15) is 26.2 Å². The number of hydrogen-bond donors (Lipinski definition) is 1. The number of aliphatic carboxylic acids is 1. The second-order valence-corrected chi connectivity index (χ2v) is 4.98. The van der Waals surface area contributed by atoms with Gasteiger partial charge in [-0.3, -0.25) is 4.79 Å². The molecule has 1 saturated carbocycles. The van der Waals surface area contributed by atoms with Crippen molar-refractivity contribution in [1.29, 1.82) is 5.26 Å². The summed E-state index contributed by atoms with van der Waals surface area (Å²) >= 11 is 1.56. The van der Waals surface area contributed by atoms with Gasteiger partial charge in [0.2, 0.25) is 0 Å². The zero-order valence-electron chi connectivity index (χ0n) is 7.62. The van der Waals surface area contributed by atoms with Crippen molar-refractivity contribution < 1.29 is 9.90 Å². The molecule has 1 atom stereocenters. The Kier molecular flexibility index (Phi) is 3.21. The average Bonchev–Trinajstić information content (AvgIpc) is 2.80. The van der Waals surface area contributed by atoms with E-state index in [9.17, 15) is 4.79 Å². The van der Waals surface area contributed by atoms with Gasteiger partial charge in [-0.1, -0.05) is 0 Å². The summed E-state index contributed by atoms with van der Waals surface area (Å²) in [7, 11) is 0. The summed E-state index contributed by atoms with van der Waals surface area (Å²) < 4.78 is 0. The van der Waals surface area contributed by atoms with Crippen LogP contribution < -0.4 is 0 Å². The van der Waals surface area contributed by atoms with Gasteiger partial charge in [-0.25, -0.2) is 0 Å². The fourth-order valence-electron chi connectivity index (χ4n) is 1.21. The summed E-state index contributed by atoms with van der Waals surface area (Å²) in [6.07, 6.45) is 2.27. The van der Waals surface area contributed by atoms with E-state index < -0.39 is 5.97 Å². The second kappa shape index (κ2) is 4.01. The van der Waals surface area contributed by atoms with Gasteiger partial charge in [0.1, 0.15) is 0 Å². The molecule has 0 heterocycles. The number of carboxylic acids is 1. The molecule has 13 heavy (non-hydrogen) atoms. The molecule has 0 aromatic rings. The summed E-state index contributed by atoms with van der Waals surface area (Å²) in [4.78, 5) is 10.5. The number of rotatable bonds is 5. The third-order valence-electron chi connectivity index (χ3n) is 2.30. The average molecular weight is 199 g/mol. The van der Waals surface area contributed by atoms with Crippen molar-refractivity contribution in [2.45, 2.75) is 31.4 Å². The largest absolute Gasteiger partial charge is 0.481 e. The minimum Gasteiger partial charge on any atom is -0.481 e. The van der Waals surface area contributed by atoms with Crippen LogP contribution in [0.15, 0.2) is 0 Å². The Morgan fingerprint density at radius 2 is 2.38 bits per heavy atom. The molecule has 1 aliphatic rings. The molecular formula is C9H13NO2S. The molecule has 1 N–H and O–H groups in total. The molecule has 0 saturated heterocycles. The van der Waals surface area contributed by atoms with Crippen molar-refractivity contribution in [2.24, 2.45) is 5.41 Å². The van der Waals surface area contributed by atoms with Crippen molar-refractivity contribution in [1.82, 2.24) is 0 Å². The number of nitriles is 1. The molecule has 1 rings (SSSR count). The fraction of sp³-hybridized carbons (Fsp3) is 0.778. The zero-order chi connectivity index (χ0) is 9.90. The number of thioether (sulfide) groups is 1. The lowest BCUT2D eigenvalue weighted by atomic mass is 10.1. The van der Waals surface area contributed by atoms with E-state index in [2.05, 4.69) is 6.07 Å². The highest BCUT2D eigenvalue weighted by molar-refractivity contribution is 8.00. The molecule has 1 unspecified atom stereocenters. The summed E-state index contributed by atoms with van der Waals surface area (Å²) in [6, 6.07) is 2.13. The molecule has 0 radical (unpaired) electrons. The Morgan fingerprint density at radius 3 is 2.77 bits per heavy atom. The number of carboxylic acid groups (broad SMARTS) is 1. The Morgan fingerprint density at radius 1 is 1.77 bits per heavy atom. The summed E-state index contributed by atoms with van der Waals surface area (Å²) in [5.41, 5.74) is 0.0155. The predicted molar refractivity (Wildman–Crippen MR) is 51.5 cm³/mol. The zero-order valence-corrected chi connectivity index (χ0v) is 8.43. The van der Waals surface area contributed by atoms with Crippen molar-refractivity contribution >= 4 is 17.7 Å². The highest BCUT2D eigenvalue weighted by Gasteiger charge is 2.44. The smallest absolute Gasteiger partial charge is 0.303 e. The van der Waals surface area contributed by atoms with Gasteiger partial charge in [-0.2, -0.15) is 5.26 Å². The lowest BCUT2D eigenvalue weighted by Crippen LogP contribution is -2.12. The van der Waals surface area contributed by atoms with E-state index in [4.69, 9.17) is 10.4 Å². The van der Waals surface area contributed by atoms with Crippen LogP contribution >= 0.6 is 11.8 Å². The predicted octanol–water partition coefficient (Wildman–Crippen LogP) is 1.89. The molecule has 72 valence electrons. The fourth-order valence-corrected chi connectivity index (χ4v) is 2.28. The number of nitrogens with zero attached hydrogens (tertiary/aromatic N) is 1. The molecule has 0 aromatic carbocycles. The van der Waals surface area contributed by atoms with Crippen molar-refractivity contribution in [3.8, 4) is 6.07 Å². The van der Waals surface area contributed by atoms with Crippen LogP contribution in [0.25, 0.3) is 0 Å². The van der Waals surface area contributed by atoms with Crippen molar-refractivity contribution in [3.63, 3.8) is 0 Å². The topological polar surface area (TPSA) is 61.1 Å². The monoisotopic (exact) mass is 199 g/mol. The maximum Gasteiger partial charge on any atom is 0.303 e. The van der Waals surface area contributed by atoms with Gasteiger partial charge in [0.25, 0.3) is 0 Å². The molecule has 1 aliphatic carbocycles. The van der Waals surface area contributed by atoms with Crippen LogP contribution in [0.4, 0.5) is 0 Å². The van der Waals surface area contributed by atoms with Gasteiger partial charge in [0.15, 0.2) is 0 Å². The Bertz CT molecular complexity index is 242. The van der Waals surface area contributed by atoms with E-state index >= 15 is 0 Å². The van der Waals surface area contributed by atoms with Crippen LogP contribution in [0.2, 0.25) is 0 Å². The quantitative estimate of drug-likeness (QED) is 0.734. The van der Waals surface area contributed by atoms with Crippen LogP contribution in [0.5, 0.6) is 0 Å². The standard InChI is InChI=1S/C9H13NO2S/c1-7(5-10)13-6-9(2-3-9)4-8(11)12/h7H,2-4,6H2,1H3,(H,11,12). The first-order valence-electron chi connectivity index (χ1n) is 4.31. The minimum atomic E-state index is -0.720. The lowest BCUT2D eigenvalue weighted by molar-refractivity contribution is -0.138. The number of carbonyl (C=O) groups is 1. The van der Waals surface area contributed by atoms with Crippen LogP contribution in [-0.4, -0.2) is 22.1 Å². The highest BCUT2D eigenvalue weighted by atomic mass is 32.2. The summed E-state index contributed by atoms with van der Waals surface area (Å²) in [5.74, 6) is 0.0938. The first-order valence-corrected chi connectivity index (χ1v) is 5.36. The molecule has 0 amide bonds. The van der Waals surface area contributed by atoms with Gasteiger partial charge < -0.3 is 5.11 Å². The van der Waals surface area contributed by atoms with E-state index in [0.717, 1.165) is 18.6 Å². The molecular weight excluding hydrogens is 186 g/mol. The Hall–Kier alpha value is -0.690. The Labute approximate surface area is 82.1 Å². The van der Waals surface area contributed by atoms with Crippen molar-refractivity contribution in [2.75, 3.05) is 5.75 Å². The lowest BCUT2D eigenvalue weighted by Gasteiger charge is -2.12. The van der Waals surface area contributed by atoms with Gasteiger partial charge in [-0.15, -0.1) is 11.8 Å². The minimum absolute atomic E-state index is 0.0155. The first kappa shape index (κ1) is 10.4. The first-order chi connectivity index (χ1) is 6.08. The molecule has 0 aliphatic heterocycles. The molecule has 3 nitrogen and oxygen atoms in total. The molecule has 0 bridgehead atoms. The third-order valence-corrected chi connectivity index (χ3v) is 3.69. The number of hydrogen-bond acceptors (Lipinski definition) is 3. The Balaban J connectivity index is 2.28. The highest BCUT2D eigenvalue weighted by Crippen LogP contribution is 2.51. The second-order valence-electron chi connectivity index (χ2n) is 3.65. The molecule has 1 fully saturated rings. The van der Waals surface area contributed by atoms with Gasteiger partial charge in [0, 0.05) is 5.75 Å². The maximum atomic E-state index is 10.5. The van der Waals surface area contributed by atoms with Crippen LogP contribution in [0, 0.1) is 16.7 Å². The van der Waals surface area contributed by atoms with Crippen LogP contribution in [-0.2, 0) is 4.79 Å². The summed E-state index contributed by atoms with van der Waals surface area (Å²) in [5, 5.41) is 17.2.